The van der Waals surface area contributed by atoms with Gasteiger partial charge in [-0.25, -0.2) is 0 Å². The van der Waals surface area contributed by atoms with E-state index in [4.69, 9.17) is 4.74 Å². The van der Waals surface area contributed by atoms with E-state index in [2.05, 4.69) is 15.9 Å². The van der Waals surface area contributed by atoms with Crippen LogP contribution >= 0.6 is 15.9 Å². The van der Waals surface area contributed by atoms with Crippen LogP contribution in [0.5, 0.6) is 0 Å². The highest BCUT2D eigenvalue weighted by molar-refractivity contribution is 9.10. The van der Waals surface area contributed by atoms with E-state index in [-0.39, 0.29) is 11.9 Å². The second kappa shape index (κ2) is 6.06. The van der Waals surface area contributed by atoms with Crippen molar-refractivity contribution in [1.29, 1.82) is 0 Å². The van der Waals surface area contributed by atoms with Gasteiger partial charge in [0.2, 0.25) is 0 Å². The van der Waals surface area contributed by atoms with Gasteiger partial charge >= 0.3 is 0 Å². The lowest BCUT2D eigenvalue weighted by molar-refractivity contribution is 0.0860. The molecular weight excluding hydrogens is 316 g/mol. The van der Waals surface area contributed by atoms with E-state index >= 15 is 0 Å². The molecule has 0 saturated carbocycles. The third-order valence-electron chi connectivity index (χ3n) is 3.89. The molecule has 1 saturated heterocycles. The predicted molar refractivity (Wildman–Crippen MR) is 84.2 cm³/mol. The van der Waals surface area contributed by atoms with Gasteiger partial charge in [-0.2, -0.15) is 0 Å². The van der Waals surface area contributed by atoms with Crippen molar-refractivity contribution >= 4 is 32.5 Å². The van der Waals surface area contributed by atoms with E-state index in [1.54, 1.807) is 0 Å². The Morgan fingerprint density at radius 3 is 2.75 bits per heavy atom. The SMILES string of the molecule is O=C(CCC1CCCO1)c1ccc(Br)c2ccccc12. The van der Waals surface area contributed by atoms with E-state index < -0.39 is 0 Å². The molecule has 0 bridgehead atoms. The van der Waals surface area contributed by atoms with Crippen molar-refractivity contribution in [2.45, 2.75) is 31.8 Å². The number of ketones is 1. The molecule has 1 aliphatic rings. The zero-order valence-corrected chi connectivity index (χ0v) is 12.9. The van der Waals surface area contributed by atoms with Crippen LogP contribution in [0.25, 0.3) is 10.8 Å². The lowest BCUT2D eigenvalue weighted by Crippen LogP contribution is -2.09. The van der Waals surface area contributed by atoms with Gasteiger partial charge in [0.05, 0.1) is 6.10 Å². The summed E-state index contributed by atoms with van der Waals surface area (Å²) in [6.07, 6.45) is 3.90. The molecule has 0 radical (unpaired) electrons. The van der Waals surface area contributed by atoms with Crippen molar-refractivity contribution in [3.05, 3.63) is 46.4 Å². The minimum Gasteiger partial charge on any atom is -0.378 e. The van der Waals surface area contributed by atoms with Crippen LogP contribution in [-0.2, 0) is 4.74 Å². The zero-order valence-electron chi connectivity index (χ0n) is 11.3. The molecule has 104 valence electrons. The second-order valence-corrected chi connectivity index (χ2v) is 6.09. The molecule has 1 unspecified atom stereocenters. The van der Waals surface area contributed by atoms with Crippen LogP contribution in [0.15, 0.2) is 40.9 Å². The third kappa shape index (κ3) is 2.79. The van der Waals surface area contributed by atoms with Crippen molar-refractivity contribution < 1.29 is 9.53 Å². The minimum atomic E-state index is 0.212. The minimum absolute atomic E-state index is 0.212. The van der Waals surface area contributed by atoms with Crippen molar-refractivity contribution in [2.75, 3.05) is 6.61 Å². The third-order valence-corrected chi connectivity index (χ3v) is 4.58. The molecule has 2 aromatic rings. The number of halogens is 1. The number of fused-ring (bicyclic) bond motifs is 1. The molecule has 0 amide bonds. The Morgan fingerprint density at radius 2 is 2.00 bits per heavy atom. The lowest BCUT2D eigenvalue weighted by Gasteiger charge is -2.10. The molecule has 1 atom stereocenters. The van der Waals surface area contributed by atoms with E-state index in [1.165, 1.54) is 0 Å². The summed E-state index contributed by atoms with van der Waals surface area (Å²) in [5.41, 5.74) is 0.821. The van der Waals surface area contributed by atoms with E-state index in [1.807, 2.05) is 36.4 Å². The standard InChI is InChI=1S/C17H17BrO2/c18-16-9-8-15(13-5-1-2-6-14(13)16)17(19)10-7-12-4-3-11-20-12/h1-2,5-6,8-9,12H,3-4,7,10-11H2. The summed E-state index contributed by atoms with van der Waals surface area (Å²) in [7, 11) is 0. The summed E-state index contributed by atoms with van der Waals surface area (Å²) in [4.78, 5) is 12.5. The number of hydrogen-bond donors (Lipinski definition) is 0. The fraction of sp³-hybridized carbons (Fsp3) is 0.353. The van der Waals surface area contributed by atoms with Crippen molar-refractivity contribution in [3.63, 3.8) is 0 Å². The Hall–Kier alpha value is -1.19. The quantitative estimate of drug-likeness (QED) is 0.755. The Balaban J connectivity index is 1.82. The van der Waals surface area contributed by atoms with E-state index in [0.29, 0.717) is 6.42 Å². The van der Waals surface area contributed by atoms with E-state index in [9.17, 15) is 4.79 Å². The highest BCUT2D eigenvalue weighted by Crippen LogP contribution is 2.28. The number of hydrogen-bond acceptors (Lipinski definition) is 2. The van der Waals surface area contributed by atoms with Crippen molar-refractivity contribution in [1.82, 2.24) is 0 Å². The highest BCUT2D eigenvalue weighted by Gasteiger charge is 2.18. The average molecular weight is 333 g/mol. The van der Waals surface area contributed by atoms with Crippen LogP contribution in [0.1, 0.15) is 36.0 Å². The first-order chi connectivity index (χ1) is 9.75. The maximum absolute atomic E-state index is 12.5. The van der Waals surface area contributed by atoms with Gasteiger partial charge in [0.1, 0.15) is 0 Å². The smallest absolute Gasteiger partial charge is 0.163 e. The number of carbonyl (C=O) groups excluding carboxylic acids is 1. The molecule has 1 fully saturated rings. The first kappa shape index (κ1) is 13.8. The summed E-state index contributed by atoms with van der Waals surface area (Å²) >= 11 is 3.54. The van der Waals surface area contributed by atoms with Crippen LogP contribution in [0, 0.1) is 0 Å². The molecular formula is C17H17BrO2. The molecule has 1 aliphatic heterocycles. The Morgan fingerprint density at radius 1 is 1.20 bits per heavy atom. The molecule has 0 aliphatic carbocycles. The molecule has 2 nitrogen and oxygen atoms in total. The van der Waals surface area contributed by atoms with Crippen LogP contribution in [0.3, 0.4) is 0 Å². The molecule has 0 N–H and O–H groups in total. The van der Waals surface area contributed by atoms with Crippen LogP contribution < -0.4 is 0 Å². The topological polar surface area (TPSA) is 26.3 Å². The lowest BCUT2D eigenvalue weighted by atomic mass is 9.98. The first-order valence-electron chi connectivity index (χ1n) is 7.08. The van der Waals surface area contributed by atoms with Gasteiger partial charge in [0.15, 0.2) is 5.78 Å². The highest BCUT2D eigenvalue weighted by atomic mass is 79.9. The van der Waals surface area contributed by atoms with Gasteiger partial charge in [-0.05, 0) is 42.2 Å². The van der Waals surface area contributed by atoms with Gasteiger partial charge in [-0.3, -0.25) is 4.79 Å². The average Bonchev–Trinajstić information content (AvgIpc) is 2.99. The van der Waals surface area contributed by atoms with Gasteiger partial charge < -0.3 is 4.74 Å². The van der Waals surface area contributed by atoms with Gasteiger partial charge in [-0.15, -0.1) is 0 Å². The Kier molecular flexibility index (Phi) is 4.18. The van der Waals surface area contributed by atoms with Crippen LogP contribution in [0.2, 0.25) is 0 Å². The summed E-state index contributed by atoms with van der Waals surface area (Å²) in [6, 6.07) is 11.9. The van der Waals surface area contributed by atoms with Gasteiger partial charge in [0, 0.05) is 23.1 Å². The van der Waals surface area contributed by atoms with Crippen LogP contribution in [0.4, 0.5) is 0 Å². The summed E-state index contributed by atoms with van der Waals surface area (Å²) in [6.45, 7) is 0.847. The number of ether oxygens (including phenoxy) is 1. The monoisotopic (exact) mass is 332 g/mol. The maximum Gasteiger partial charge on any atom is 0.163 e. The maximum atomic E-state index is 12.5. The number of rotatable bonds is 4. The fourth-order valence-corrected chi connectivity index (χ4v) is 3.28. The van der Waals surface area contributed by atoms with Crippen LogP contribution in [-0.4, -0.2) is 18.5 Å². The molecule has 20 heavy (non-hydrogen) atoms. The van der Waals surface area contributed by atoms with Gasteiger partial charge in [-0.1, -0.05) is 40.2 Å². The number of carbonyl (C=O) groups is 1. The van der Waals surface area contributed by atoms with Crippen molar-refractivity contribution in [2.24, 2.45) is 0 Å². The molecule has 3 heteroatoms. The number of Topliss-reactive ketones (excluding diaryl/α,β-unsaturated/α-hetero) is 1. The molecule has 0 spiro atoms. The Bertz CT molecular complexity index is 630. The summed E-state index contributed by atoms with van der Waals surface area (Å²) in [5.74, 6) is 0.212. The molecule has 2 aromatic carbocycles. The van der Waals surface area contributed by atoms with E-state index in [0.717, 1.165) is 46.7 Å². The summed E-state index contributed by atoms with van der Waals surface area (Å²) in [5, 5.41) is 2.12. The molecule has 3 rings (SSSR count). The summed E-state index contributed by atoms with van der Waals surface area (Å²) < 4.78 is 6.62. The fourth-order valence-electron chi connectivity index (χ4n) is 2.80. The number of benzene rings is 2. The normalized spacial score (nSPS) is 18.6. The second-order valence-electron chi connectivity index (χ2n) is 5.24. The predicted octanol–water partition coefficient (Wildman–Crippen LogP) is 4.74. The van der Waals surface area contributed by atoms with Gasteiger partial charge in [0.25, 0.3) is 0 Å². The van der Waals surface area contributed by atoms with Crippen molar-refractivity contribution in [3.8, 4) is 0 Å². The molecule has 0 aromatic heterocycles. The first-order valence-corrected chi connectivity index (χ1v) is 7.87. The Labute approximate surface area is 127 Å². The molecule has 1 heterocycles. The zero-order chi connectivity index (χ0) is 13.9. The largest absolute Gasteiger partial charge is 0.378 e.